The molecule has 3 N–H and O–H groups in total. The number of rotatable bonds is 4. The van der Waals surface area contributed by atoms with Crippen LogP contribution in [-0.2, 0) is 0 Å². The fraction of sp³-hybridized carbons (Fsp3) is 0.200. The van der Waals surface area contributed by atoms with Crippen molar-refractivity contribution in [2.75, 3.05) is 17.6 Å². The molecule has 2 aromatic carbocycles. The summed E-state index contributed by atoms with van der Waals surface area (Å²) in [4.78, 5) is 0. The normalized spacial score (nSPS) is 12.1. The lowest BCUT2D eigenvalue weighted by Crippen LogP contribution is -2.11. The van der Waals surface area contributed by atoms with E-state index in [-0.39, 0.29) is 0 Å². The summed E-state index contributed by atoms with van der Waals surface area (Å²) in [5.74, 6) is 0.421. The molecule has 0 aromatic heterocycles. The summed E-state index contributed by atoms with van der Waals surface area (Å²) in [6.07, 6.45) is 0. The highest BCUT2D eigenvalue weighted by atomic mass is 35.5. The van der Waals surface area contributed by atoms with Crippen LogP contribution in [0.4, 0.5) is 11.4 Å². The second kappa shape index (κ2) is 5.78. The van der Waals surface area contributed by atoms with Crippen LogP contribution in [0.25, 0.3) is 0 Å². The van der Waals surface area contributed by atoms with Crippen LogP contribution >= 0.6 is 11.6 Å². The van der Waals surface area contributed by atoms with E-state index < -0.39 is 0 Å². The van der Waals surface area contributed by atoms with Crippen molar-refractivity contribution >= 4 is 23.0 Å². The summed E-state index contributed by atoms with van der Waals surface area (Å²) < 4.78 is 0. The third-order valence-electron chi connectivity index (χ3n) is 3.02. The Labute approximate surface area is 113 Å². The molecule has 0 fully saturated rings. The van der Waals surface area contributed by atoms with E-state index in [1.807, 2.05) is 18.2 Å². The van der Waals surface area contributed by atoms with Gasteiger partial charge in [0.15, 0.2) is 0 Å². The summed E-state index contributed by atoms with van der Waals surface area (Å²) in [5.41, 5.74) is 8.73. The van der Waals surface area contributed by atoms with Crippen LogP contribution in [0.5, 0.6) is 0 Å². The van der Waals surface area contributed by atoms with Gasteiger partial charge in [-0.15, -0.1) is 0 Å². The average Bonchev–Trinajstić information content (AvgIpc) is 2.41. The molecule has 1 unspecified atom stereocenters. The van der Waals surface area contributed by atoms with Crippen molar-refractivity contribution in [3.8, 4) is 0 Å². The Bertz CT molecular complexity index is 511. The monoisotopic (exact) mass is 260 g/mol. The molecule has 0 aliphatic heterocycles. The largest absolute Gasteiger partial charge is 0.396 e. The fourth-order valence-electron chi connectivity index (χ4n) is 1.85. The third kappa shape index (κ3) is 2.96. The van der Waals surface area contributed by atoms with E-state index >= 15 is 0 Å². The highest BCUT2D eigenvalue weighted by Gasteiger charge is 2.07. The van der Waals surface area contributed by atoms with Crippen molar-refractivity contribution in [3.63, 3.8) is 0 Å². The fourth-order valence-corrected chi connectivity index (χ4v) is 2.03. The van der Waals surface area contributed by atoms with Gasteiger partial charge in [0.2, 0.25) is 0 Å². The lowest BCUT2D eigenvalue weighted by molar-refractivity contribution is 0.805. The maximum absolute atomic E-state index is 5.98. The van der Waals surface area contributed by atoms with E-state index in [1.165, 1.54) is 5.56 Å². The molecule has 0 aliphatic carbocycles. The van der Waals surface area contributed by atoms with Crippen LogP contribution in [0.2, 0.25) is 5.02 Å². The molecular formula is C15H17ClN2. The van der Waals surface area contributed by atoms with Gasteiger partial charge in [-0.3, -0.25) is 0 Å². The number of halogens is 1. The van der Waals surface area contributed by atoms with Crippen LogP contribution in [0.15, 0.2) is 48.5 Å². The van der Waals surface area contributed by atoms with Crippen LogP contribution < -0.4 is 11.1 Å². The van der Waals surface area contributed by atoms with E-state index in [2.05, 4.69) is 36.5 Å². The lowest BCUT2D eigenvalue weighted by Gasteiger charge is -2.15. The Morgan fingerprint density at radius 2 is 1.83 bits per heavy atom. The van der Waals surface area contributed by atoms with Crippen LogP contribution in [-0.4, -0.2) is 6.54 Å². The first-order valence-corrected chi connectivity index (χ1v) is 6.39. The molecule has 3 heteroatoms. The third-order valence-corrected chi connectivity index (χ3v) is 3.35. The Morgan fingerprint density at radius 3 is 2.56 bits per heavy atom. The number of nitrogens with one attached hydrogen (secondary N) is 1. The molecule has 2 rings (SSSR count). The molecular weight excluding hydrogens is 244 g/mol. The predicted octanol–water partition coefficient (Wildman–Crippen LogP) is 4.14. The second-order valence-corrected chi connectivity index (χ2v) is 4.80. The van der Waals surface area contributed by atoms with Crippen LogP contribution in [0, 0.1) is 0 Å². The van der Waals surface area contributed by atoms with Gasteiger partial charge >= 0.3 is 0 Å². The molecule has 0 spiro atoms. The quantitative estimate of drug-likeness (QED) is 0.811. The van der Waals surface area contributed by atoms with Crippen molar-refractivity contribution in [2.45, 2.75) is 12.8 Å². The van der Waals surface area contributed by atoms with Gasteiger partial charge in [0.25, 0.3) is 0 Å². The second-order valence-electron chi connectivity index (χ2n) is 4.39. The zero-order valence-corrected chi connectivity index (χ0v) is 11.1. The number of anilines is 2. The molecule has 0 saturated heterocycles. The van der Waals surface area contributed by atoms with E-state index in [9.17, 15) is 0 Å². The molecule has 2 nitrogen and oxygen atoms in total. The zero-order valence-electron chi connectivity index (χ0n) is 10.4. The maximum Gasteiger partial charge on any atom is 0.0739 e. The molecule has 94 valence electrons. The first kappa shape index (κ1) is 12.8. The SMILES string of the molecule is CC(CNc1cccc(Cl)c1N)c1ccccc1. The molecule has 0 amide bonds. The Morgan fingerprint density at radius 1 is 1.11 bits per heavy atom. The van der Waals surface area contributed by atoms with Crippen molar-refractivity contribution in [2.24, 2.45) is 0 Å². The average molecular weight is 261 g/mol. The van der Waals surface area contributed by atoms with Gasteiger partial charge in [0, 0.05) is 6.54 Å². The Balaban J connectivity index is 2.02. The summed E-state index contributed by atoms with van der Waals surface area (Å²) in [6, 6.07) is 16.0. The summed E-state index contributed by atoms with van der Waals surface area (Å²) in [6.45, 7) is 3.01. The van der Waals surface area contributed by atoms with Gasteiger partial charge in [-0.1, -0.05) is 54.9 Å². The van der Waals surface area contributed by atoms with Gasteiger partial charge in [0.05, 0.1) is 16.4 Å². The van der Waals surface area contributed by atoms with E-state index in [4.69, 9.17) is 17.3 Å². The first-order chi connectivity index (χ1) is 8.68. The van der Waals surface area contributed by atoms with E-state index in [1.54, 1.807) is 6.07 Å². The van der Waals surface area contributed by atoms with Gasteiger partial charge in [0.1, 0.15) is 0 Å². The molecule has 0 saturated carbocycles. The van der Waals surface area contributed by atoms with Gasteiger partial charge in [-0.25, -0.2) is 0 Å². The van der Waals surface area contributed by atoms with Crippen molar-refractivity contribution < 1.29 is 0 Å². The summed E-state index contributed by atoms with van der Waals surface area (Å²) in [5, 5.41) is 3.93. The number of hydrogen-bond donors (Lipinski definition) is 2. The minimum atomic E-state index is 0.421. The van der Waals surface area contributed by atoms with Crippen LogP contribution in [0.1, 0.15) is 18.4 Å². The van der Waals surface area contributed by atoms with Gasteiger partial charge in [-0.2, -0.15) is 0 Å². The number of hydrogen-bond acceptors (Lipinski definition) is 2. The minimum absolute atomic E-state index is 0.421. The van der Waals surface area contributed by atoms with Crippen LogP contribution in [0.3, 0.4) is 0 Å². The van der Waals surface area contributed by atoms with E-state index in [0.717, 1.165) is 12.2 Å². The highest BCUT2D eigenvalue weighted by molar-refractivity contribution is 6.33. The van der Waals surface area contributed by atoms with E-state index in [0.29, 0.717) is 16.6 Å². The molecule has 0 bridgehead atoms. The summed E-state index contributed by atoms with van der Waals surface area (Å²) >= 11 is 5.98. The first-order valence-electron chi connectivity index (χ1n) is 6.01. The summed E-state index contributed by atoms with van der Waals surface area (Å²) in [7, 11) is 0. The Hall–Kier alpha value is -1.67. The standard InChI is InChI=1S/C15H17ClN2/c1-11(12-6-3-2-4-7-12)10-18-14-9-5-8-13(16)15(14)17/h2-9,11,18H,10,17H2,1H3. The number of nitrogen functional groups attached to an aromatic ring is 1. The smallest absolute Gasteiger partial charge is 0.0739 e. The minimum Gasteiger partial charge on any atom is -0.396 e. The van der Waals surface area contributed by atoms with Gasteiger partial charge < -0.3 is 11.1 Å². The van der Waals surface area contributed by atoms with Gasteiger partial charge in [-0.05, 0) is 23.6 Å². The molecule has 18 heavy (non-hydrogen) atoms. The molecule has 0 aliphatic rings. The van der Waals surface area contributed by atoms with Crippen molar-refractivity contribution in [1.29, 1.82) is 0 Å². The zero-order chi connectivity index (χ0) is 13.0. The molecule has 0 radical (unpaired) electrons. The molecule has 0 heterocycles. The van der Waals surface area contributed by atoms with Crippen molar-refractivity contribution in [3.05, 3.63) is 59.1 Å². The highest BCUT2D eigenvalue weighted by Crippen LogP contribution is 2.27. The predicted molar refractivity (Wildman–Crippen MR) is 79.2 cm³/mol. The number of para-hydroxylation sites is 1. The Kier molecular flexibility index (Phi) is 4.11. The van der Waals surface area contributed by atoms with Crippen molar-refractivity contribution in [1.82, 2.24) is 0 Å². The molecule has 2 aromatic rings. The number of benzene rings is 2. The molecule has 1 atom stereocenters. The lowest BCUT2D eigenvalue weighted by atomic mass is 10.0. The number of nitrogens with two attached hydrogens (primary N) is 1. The maximum atomic E-state index is 5.98. The topological polar surface area (TPSA) is 38.0 Å².